The van der Waals surface area contributed by atoms with Crippen molar-refractivity contribution >= 4 is 51.9 Å². The number of hydrogen-bond acceptors (Lipinski definition) is 5. The summed E-state index contributed by atoms with van der Waals surface area (Å²) in [6.07, 6.45) is -4.98. The molecule has 0 radical (unpaired) electrons. The van der Waals surface area contributed by atoms with Crippen LogP contribution in [0, 0.1) is 5.82 Å². The number of nitrogens with one attached hydrogen (secondary N) is 1. The minimum atomic E-state index is -4.98. The number of ether oxygens (including phenoxy) is 1. The Morgan fingerprint density at radius 2 is 1.93 bits per heavy atom. The van der Waals surface area contributed by atoms with Gasteiger partial charge < -0.3 is 15.0 Å². The minimum absolute atomic E-state index is 0.178. The van der Waals surface area contributed by atoms with Gasteiger partial charge >= 0.3 is 6.36 Å². The molecule has 0 atom stereocenters. The molecule has 0 saturated heterocycles. The average molecular weight is 433 g/mol. The van der Waals surface area contributed by atoms with Gasteiger partial charge in [-0.3, -0.25) is 4.99 Å². The normalized spacial score (nSPS) is 15.6. The molecule has 5 nitrogen and oxygen atoms in total. The van der Waals surface area contributed by atoms with E-state index < -0.39 is 17.9 Å². The molecule has 0 fully saturated rings. The molecule has 1 N–H and O–H groups in total. The fourth-order valence-electron chi connectivity index (χ4n) is 2.95. The van der Waals surface area contributed by atoms with Gasteiger partial charge in [-0.05, 0) is 24.3 Å². The smallest absolute Gasteiger partial charge is 0.403 e. The molecule has 0 bridgehead atoms. The molecule has 2 aromatic rings. The van der Waals surface area contributed by atoms with E-state index in [0.717, 1.165) is 12.1 Å². The molecule has 4 rings (SSSR count). The van der Waals surface area contributed by atoms with E-state index in [1.807, 2.05) is 4.90 Å². The molecule has 146 valence electrons. The first kappa shape index (κ1) is 18.8. The Bertz CT molecular complexity index is 1020. The third-order valence-electron chi connectivity index (χ3n) is 3.98. The predicted octanol–water partition coefficient (Wildman–Crippen LogP) is 5.41. The Morgan fingerprint density at radius 1 is 1.14 bits per heavy atom. The summed E-state index contributed by atoms with van der Waals surface area (Å²) in [4.78, 5) is 10.7. The van der Waals surface area contributed by atoms with Crippen molar-refractivity contribution in [1.29, 1.82) is 0 Å². The zero-order chi connectivity index (χ0) is 20.1. The first-order valence-electron chi connectivity index (χ1n) is 7.94. The second kappa shape index (κ2) is 6.82. The summed E-state index contributed by atoms with van der Waals surface area (Å²) in [7, 11) is 0. The van der Waals surface area contributed by atoms with Gasteiger partial charge in [0, 0.05) is 23.3 Å². The van der Waals surface area contributed by atoms with Gasteiger partial charge in [0.1, 0.15) is 0 Å². The quantitative estimate of drug-likeness (QED) is 0.645. The van der Waals surface area contributed by atoms with Crippen molar-refractivity contribution in [3.8, 4) is 5.75 Å². The molecule has 0 saturated carbocycles. The van der Waals surface area contributed by atoms with Crippen molar-refractivity contribution < 1.29 is 22.3 Å². The van der Waals surface area contributed by atoms with Gasteiger partial charge in [-0.25, -0.2) is 9.38 Å². The van der Waals surface area contributed by atoms with Crippen LogP contribution in [0.2, 0.25) is 10.0 Å². The first-order chi connectivity index (χ1) is 13.2. The van der Waals surface area contributed by atoms with E-state index in [4.69, 9.17) is 23.2 Å². The molecule has 0 aromatic heterocycles. The Hall–Kier alpha value is -2.52. The molecule has 2 aliphatic rings. The van der Waals surface area contributed by atoms with Gasteiger partial charge in [-0.1, -0.05) is 23.2 Å². The topological polar surface area (TPSA) is 49.2 Å². The molecule has 2 aromatic carbocycles. The highest BCUT2D eigenvalue weighted by Gasteiger charge is 2.33. The van der Waals surface area contributed by atoms with E-state index in [2.05, 4.69) is 20.0 Å². The van der Waals surface area contributed by atoms with Crippen LogP contribution in [0.5, 0.6) is 5.75 Å². The summed E-state index contributed by atoms with van der Waals surface area (Å²) in [5.41, 5.74) is 1.34. The predicted molar refractivity (Wildman–Crippen MR) is 99.9 cm³/mol. The van der Waals surface area contributed by atoms with Crippen LogP contribution in [0.25, 0.3) is 0 Å². The van der Waals surface area contributed by atoms with E-state index >= 15 is 0 Å². The number of aliphatic imine (C=N–C) groups is 2. The van der Waals surface area contributed by atoms with Crippen molar-refractivity contribution in [2.45, 2.75) is 6.36 Å². The Labute approximate surface area is 166 Å². The summed E-state index contributed by atoms with van der Waals surface area (Å²) in [6.45, 7) is 1.07. The van der Waals surface area contributed by atoms with Crippen molar-refractivity contribution in [1.82, 2.24) is 0 Å². The van der Waals surface area contributed by atoms with Crippen molar-refractivity contribution in [2.75, 3.05) is 23.3 Å². The number of anilines is 2. The van der Waals surface area contributed by atoms with Gasteiger partial charge in [0.25, 0.3) is 0 Å². The molecule has 0 spiro atoms. The summed E-state index contributed by atoms with van der Waals surface area (Å²) in [6, 6.07) is 6.22. The molecule has 11 heteroatoms. The maximum absolute atomic E-state index is 14.0. The second-order valence-corrected chi connectivity index (χ2v) is 6.73. The van der Waals surface area contributed by atoms with E-state index in [1.165, 1.54) is 6.07 Å². The third kappa shape index (κ3) is 3.59. The largest absolute Gasteiger partial charge is 0.573 e. The zero-order valence-corrected chi connectivity index (χ0v) is 15.3. The number of halogens is 6. The molecule has 0 aliphatic carbocycles. The van der Waals surface area contributed by atoms with Crippen LogP contribution in [0.1, 0.15) is 0 Å². The van der Waals surface area contributed by atoms with Gasteiger partial charge in [0.05, 0.1) is 22.9 Å². The molecule has 2 aliphatic heterocycles. The van der Waals surface area contributed by atoms with Crippen LogP contribution in [0.3, 0.4) is 0 Å². The van der Waals surface area contributed by atoms with Crippen LogP contribution in [-0.4, -0.2) is 31.1 Å². The molecule has 2 heterocycles. The number of hydrogen-bond donors (Lipinski definition) is 1. The lowest BCUT2D eigenvalue weighted by Gasteiger charge is -2.28. The van der Waals surface area contributed by atoms with Crippen LogP contribution >= 0.6 is 23.2 Å². The third-order valence-corrected chi connectivity index (χ3v) is 4.49. The average Bonchev–Trinajstić information content (AvgIpc) is 3.05. The maximum atomic E-state index is 14.0. The number of nitrogens with zero attached hydrogens (tertiary/aromatic N) is 3. The van der Waals surface area contributed by atoms with Crippen LogP contribution in [-0.2, 0) is 0 Å². The Morgan fingerprint density at radius 3 is 2.64 bits per heavy atom. The maximum Gasteiger partial charge on any atom is 0.573 e. The monoisotopic (exact) mass is 432 g/mol. The zero-order valence-electron chi connectivity index (χ0n) is 13.8. The van der Waals surface area contributed by atoms with E-state index in [0.29, 0.717) is 46.2 Å². The lowest BCUT2D eigenvalue weighted by Crippen LogP contribution is -2.39. The second-order valence-electron chi connectivity index (χ2n) is 5.89. The lowest BCUT2D eigenvalue weighted by atomic mass is 10.2. The number of rotatable bonds is 2. The van der Waals surface area contributed by atoms with E-state index in [1.54, 1.807) is 12.1 Å². The number of benzene rings is 2. The first-order valence-corrected chi connectivity index (χ1v) is 8.69. The van der Waals surface area contributed by atoms with Crippen LogP contribution in [0.15, 0.2) is 40.3 Å². The van der Waals surface area contributed by atoms with E-state index in [9.17, 15) is 17.6 Å². The number of amidine groups is 2. The molecule has 0 amide bonds. The summed E-state index contributed by atoms with van der Waals surface area (Å²) >= 11 is 12.3. The Kier molecular flexibility index (Phi) is 4.59. The molecule has 28 heavy (non-hydrogen) atoms. The SMILES string of the molecule is Fc1cc(NC2=Nc3cc(Cl)cc(Cl)c3N3CCN=C23)ccc1OC(F)(F)F. The highest BCUT2D eigenvalue weighted by molar-refractivity contribution is 6.52. The van der Waals surface area contributed by atoms with E-state index in [-0.39, 0.29) is 5.69 Å². The van der Waals surface area contributed by atoms with Gasteiger partial charge in [-0.15, -0.1) is 13.2 Å². The lowest BCUT2D eigenvalue weighted by molar-refractivity contribution is -0.275. The van der Waals surface area contributed by atoms with Gasteiger partial charge in [0.2, 0.25) is 0 Å². The number of alkyl halides is 3. The fourth-order valence-corrected chi connectivity index (χ4v) is 3.53. The Balaban J connectivity index is 1.68. The standard InChI is InChI=1S/C17H10Cl2F4N4O/c18-8-5-10(19)14-12(6-8)26-15(16-24-3-4-27(14)16)25-9-1-2-13(11(20)7-9)28-17(21,22)23/h1-2,5-7H,3-4H2,(H,25,26). The summed E-state index contributed by atoms with van der Waals surface area (Å²) in [5.74, 6) is -1.30. The highest BCUT2D eigenvalue weighted by Crippen LogP contribution is 2.42. The van der Waals surface area contributed by atoms with Crippen LogP contribution < -0.4 is 15.0 Å². The van der Waals surface area contributed by atoms with Crippen molar-refractivity contribution in [3.05, 3.63) is 46.2 Å². The fraction of sp³-hybridized carbons (Fsp3) is 0.176. The molecular weight excluding hydrogens is 423 g/mol. The number of fused-ring (bicyclic) bond motifs is 3. The highest BCUT2D eigenvalue weighted by atomic mass is 35.5. The van der Waals surface area contributed by atoms with Crippen molar-refractivity contribution in [3.63, 3.8) is 0 Å². The van der Waals surface area contributed by atoms with Crippen LogP contribution in [0.4, 0.5) is 34.6 Å². The molecular formula is C17H10Cl2F4N4O. The molecule has 0 unspecified atom stereocenters. The van der Waals surface area contributed by atoms with Crippen molar-refractivity contribution in [2.24, 2.45) is 9.98 Å². The van der Waals surface area contributed by atoms with Gasteiger partial charge in [0.15, 0.2) is 23.2 Å². The van der Waals surface area contributed by atoms with Gasteiger partial charge in [-0.2, -0.15) is 0 Å². The minimum Gasteiger partial charge on any atom is -0.403 e. The summed E-state index contributed by atoms with van der Waals surface area (Å²) < 4.78 is 54.4. The summed E-state index contributed by atoms with van der Waals surface area (Å²) in [5, 5.41) is 3.69.